The van der Waals surface area contributed by atoms with E-state index in [-0.39, 0.29) is 6.09 Å². The maximum absolute atomic E-state index is 12.2. The van der Waals surface area contributed by atoms with Gasteiger partial charge in [0.25, 0.3) is 0 Å². The molecule has 0 radical (unpaired) electrons. The van der Waals surface area contributed by atoms with Crippen LogP contribution < -0.4 is 4.90 Å². The normalized spacial score (nSPS) is 22.4. The van der Waals surface area contributed by atoms with Crippen molar-refractivity contribution in [2.45, 2.75) is 58.6 Å². The Hall–Kier alpha value is -1.75. The highest BCUT2D eigenvalue weighted by molar-refractivity contribution is 5.69. The molecule has 0 saturated carbocycles. The summed E-state index contributed by atoms with van der Waals surface area (Å²) in [7, 11) is 0. The van der Waals surface area contributed by atoms with Gasteiger partial charge in [-0.1, -0.05) is 12.1 Å². The van der Waals surface area contributed by atoms with Crippen LogP contribution in [-0.4, -0.2) is 60.8 Å². The molecule has 154 valence electrons. The molecule has 1 aromatic carbocycles. The van der Waals surface area contributed by atoms with E-state index in [2.05, 4.69) is 34.1 Å². The number of rotatable bonds is 3. The van der Waals surface area contributed by atoms with E-state index >= 15 is 0 Å². The summed E-state index contributed by atoms with van der Waals surface area (Å²) in [6.45, 7) is 13.2. The highest BCUT2D eigenvalue weighted by atomic mass is 16.6. The zero-order valence-electron chi connectivity index (χ0n) is 17.7. The second-order valence-electron chi connectivity index (χ2n) is 9.97. The lowest BCUT2D eigenvalue weighted by Gasteiger charge is -2.53. The molecule has 0 unspecified atom stereocenters. The number of hydrogen-bond donors (Lipinski definition) is 0. The number of piperidine rings is 1. The number of likely N-dealkylation sites (tertiary alicyclic amines) is 2. The van der Waals surface area contributed by atoms with Gasteiger partial charge in [-0.25, -0.2) is 4.79 Å². The molecule has 0 bridgehead atoms. The topological polar surface area (TPSA) is 36.0 Å². The summed E-state index contributed by atoms with van der Waals surface area (Å²) in [6.07, 6.45) is 4.85. The van der Waals surface area contributed by atoms with Gasteiger partial charge >= 0.3 is 6.09 Å². The number of hydrogen-bond acceptors (Lipinski definition) is 4. The van der Waals surface area contributed by atoms with Crippen molar-refractivity contribution in [2.75, 3.05) is 44.2 Å². The molecular weight excluding hydrogens is 350 g/mol. The number of anilines is 1. The van der Waals surface area contributed by atoms with Gasteiger partial charge in [0.1, 0.15) is 5.60 Å². The molecule has 1 spiro atoms. The van der Waals surface area contributed by atoms with Gasteiger partial charge in [-0.3, -0.25) is 4.90 Å². The fraction of sp³-hybridized carbons (Fsp3) is 0.696. The molecule has 1 amide bonds. The number of carbonyl (C=O) groups is 1. The van der Waals surface area contributed by atoms with Crippen LogP contribution in [0, 0.1) is 5.41 Å². The Morgan fingerprint density at radius 1 is 1.00 bits per heavy atom. The molecule has 0 N–H and O–H groups in total. The highest BCUT2D eigenvalue weighted by Crippen LogP contribution is 2.41. The van der Waals surface area contributed by atoms with Crippen molar-refractivity contribution < 1.29 is 9.53 Å². The first-order valence-electron chi connectivity index (χ1n) is 10.9. The Bertz CT molecular complexity index is 673. The van der Waals surface area contributed by atoms with Crippen LogP contribution in [0.2, 0.25) is 0 Å². The molecule has 5 nitrogen and oxygen atoms in total. The third-order valence-corrected chi connectivity index (χ3v) is 6.43. The number of carbonyl (C=O) groups excluding carboxylic acids is 1. The summed E-state index contributed by atoms with van der Waals surface area (Å²) < 4.78 is 5.50. The predicted octanol–water partition coefficient (Wildman–Crippen LogP) is 4.12. The van der Waals surface area contributed by atoms with Crippen molar-refractivity contribution in [2.24, 2.45) is 5.41 Å². The van der Waals surface area contributed by atoms with Crippen molar-refractivity contribution in [1.82, 2.24) is 9.80 Å². The van der Waals surface area contributed by atoms with Crippen molar-refractivity contribution in [1.29, 1.82) is 0 Å². The summed E-state index contributed by atoms with van der Waals surface area (Å²) in [5.41, 5.74) is 2.69. The molecule has 0 atom stereocenters. The lowest BCUT2D eigenvalue weighted by molar-refractivity contribution is -0.0600. The average Bonchev–Trinajstić information content (AvgIpc) is 3.14. The van der Waals surface area contributed by atoms with Crippen LogP contribution in [0.1, 0.15) is 52.0 Å². The van der Waals surface area contributed by atoms with Gasteiger partial charge in [0, 0.05) is 43.8 Å². The summed E-state index contributed by atoms with van der Waals surface area (Å²) in [5.74, 6) is 0. The maximum Gasteiger partial charge on any atom is 0.410 e. The van der Waals surface area contributed by atoms with E-state index in [1.807, 2.05) is 25.7 Å². The Morgan fingerprint density at radius 3 is 2.18 bits per heavy atom. The van der Waals surface area contributed by atoms with Crippen LogP contribution in [0.3, 0.4) is 0 Å². The lowest BCUT2D eigenvalue weighted by atomic mass is 9.72. The predicted molar refractivity (Wildman–Crippen MR) is 113 cm³/mol. The Labute approximate surface area is 169 Å². The first kappa shape index (κ1) is 19.6. The van der Waals surface area contributed by atoms with Gasteiger partial charge in [-0.2, -0.15) is 0 Å². The van der Waals surface area contributed by atoms with Gasteiger partial charge in [0.2, 0.25) is 0 Å². The molecule has 28 heavy (non-hydrogen) atoms. The fourth-order valence-electron chi connectivity index (χ4n) is 4.77. The van der Waals surface area contributed by atoms with Crippen molar-refractivity contribution in [3.63, 3.8) is 0 Å². The molecule has 3 heterocycles. The number of benzene rings is 1. The quantitative estimate of drug-likeness (QED) is 0.784. The van der Waals surface area contributed by atoms with Crippen LogP contribution in [0.15, 0.2) is 24.3 Å². The van der Waals surface area contributed by atoms with Crippen LogP contribution in [0.25, 0.3) is 0 Å². The lowest BCUT2D eigenvalue weighted by Crippen LogP contribution is -2.62. The Kier molecular flexibility index (Phi) is 5.30. The monoisotopic (exact) mass is 385 g/mol. The van der Waals surface area contributed by atoms with Crippen LogP contribution in [-0.2, 0) is 11.3 Å². The van der Waals surface area contributed by atoms with E-state index in [0.717, 1.165) is 32.7 Å². The molecule has 3 fully saturated rings. The minimum absolute atomic E-state index is 0.154. The van der Waals surface area contributed by atoms with Gasteiger partial charge in [-0.05, 0) is 77.2 Å². The van der Waals surface area contributed by atoms with Crippen LogP contribution >= 0.6 is 0 Å². The van der Waals surface area contributed by atoms with Crippen molar-refractivity contribution in [3.8, 4) is 0 Å². The van der Waals surface area contributed by atoms with Gasteiger partial charge in [-0.15, -0.1) is 0 Å². The van der Waals surface area contributed by atoms with E-state index < -0.39 is 5.60 Å². The van der Waals surface area contributed by atoms with Crippen molar-refractivity contribution in [3.05, 3.63) is 29.8 Å². The molecule has 0 aliphatic carbocycles. The second-order valence-corrected chi connectivity index (χ2v) is 9.97. The molecule has 3 aliphatic rings. The fourth-order valence-corrected chi connectivity index (χ4v) is 4.77. The number of amides is 1. The third-order valence-electron chi connectivity index (χ3n) is 6.43. The minimum Gasteiger partial charge on any atom is -0.444 e. The summed E-state index contributed by atoms with van der Waals surface area (Å²) in [4.78, 5) is 19.1. The molecule has 4 rings (SSSR count). The van der Waals surface area contributed by atoms with Gasteiger partial charge in [0.05, 0.1) is 0 Å². The van der Waals surface area contributed by atoms with Crippen molar-refractivity contribution >= 4 is 11.8 Å². The second kappa shape index (κ2) is 7.58. The molecule has 0 aromatic heterocycles. The zero-order chi connectivity index (χ0) is 19.8. The standard InChI is InChI=1S/C23H35N3O2/c1-22(2,3)28-21(27)26-17-23(18-26)10-14-24(15-11-23)16-19-6-8-20(9-7-19)25-12-4-5-13-25/h6-9H,4-5,10-18H2,1-3H3. The van der Waals surface area contributed by atoms with E-state index in [1.165, 1.54) is 50.0 Å². The SMILES string of the molecule is CC(C)(C)OC(=O)N1CC2(CCN(Cc3ccc(N4CCCC4)cc3)CC2)C1. The smallest absolute Gasteiger partial charge is 0.410 e. The molecule has 3 aliphatic heterocycles. The molecular formula is C23H35N3O2. The Morgan fingerprint density at radius 2 is 1.61 bits per heavy atom. The van der Waals surface area contributed by atoms with Crippen LogP contribution in [0.4, 0.5) is 10.5 Å². The Balaban J connectivity index is 1.22. The third kappa shape index (κ3) is 4.45. The van der Waals surface area contributed by atoms with E-state index in [9.17, 15) is 4.79 Å². The number of nitrogens with zero attached hydrogens (tertiary/aromatic N) is 3. The van der Waals surface area contributed by atoms with Gasteiger partial charge in [0.15, 0.2) is 0 Å². The van der Waals surface area contributed by atoms with E-state index in [0.29, 0.717) is 5.41 Å². The maximum atomic E-state index is 12.2. The van der Waals surface area contributed by atoms with Gasteiger partial charge < -0.3 is 14.5 Å². The summed E-state index contributed by atoms with van der Waals surface area (Å²) in [6, 6.07) is 9.17. The first-order valence-corrected chi connectivity index (χ1v) is 10.9. The zero-order valence-corrected chi connectivity index (χ0v) is 17.7. The van der Waals surface area contributed by atoms with Crippen LogP contribution in [0.5, 0.6) is 0 Å². The largest absolute Gasteiger partial charge is 0.444 e. The van der Waals surface area contributed by atoms with E-state index in [1.54, 1.807) is 0 Å². The first-order chi connectivity index (χ1) is 13.3. The minimum atomic E-state index is -0.409. The summed E-state index contributed by atoms with van der Waals surface area (Å²) in [5, 5.41) is 0. The molecule has 1 aromatic rings. The number of ether oxygens (including phenoxy) is 1. The highest BCUT2D eigenvalue weighted by Gasteiger charge is 2.47. The average molecular weight is 386 g/mol. The summed E-state index contributed by atoms with van der Waals surface area (Å²) >= 11 is 0. The molecule has 5 heteroatoms. The van der Waals surface area contributed by atoms with E-state index in [4.69, 9.17) is 4.74 Å². The molecule has 3 saturated heterocycles.